The number of likely N-dealkylation sites (tertiary alicyclic amines) is 1. The SMILES string of the molecule is CCCCCCCCC[C@@H]1O[C@H]1/C=C/C(O)[C@@H]1C(=O)N(C(=O)OC(C)(C)C)[C@H](CO[Si](C)(C)C(C)(C)C)[C@H]1[Si](OCC)(c1ccccc1)c1ccccc1. The molecule has 2 aliphatic heterocycles. The normalized spacial score (nSPS) is 22.9. The molecule has 2 aromatic rings. The van der Waals surface area contributed by atoms with Gasteiger partial charge in [0, 0.05) is 12.1 Å². The van der Waals surface area contributed by atoms with Crippen molar-refractivity contribution in [1.29, 1.82) is 0 Å². The van der Waals surface area contributed by atoms with Crippen LogP contribution in [0.3, 0.4) is 0 Å². The van der Waals surface area contributed by atoms with Crippen LogP contribution < -0.4 is 10.4 Å². The third kappa shape index (κ3) is 10.8. The molecule has 1 unspecified atom stereocenters. The Kier molecular flexibility index (Phi) is 15.5. The van der Waals surface area contributed by atoms with Gasteiger partial charge in [0.1, 0.15) is 11.7 Å². The van der Waals surface area contributed by atoms with E-state index in [2.05, 4.69) is 65.1 Å². The average Bonchev–Trinajstić information content (AvgIpc) is 3.80. The van der Waals surface area contributed by atoms with Crippen LogP contribution in [0.25, 0.3) is 0 Å². The number of hydrogen-bond acceptors (Lipinski definition) is 7. The van der Waals surface area contributed by atoms with Crippen molar-refractivity contribution >= 4 is 39.0 Å². The number of rotatable bonds is 19. The highest BCUT2D eigenvalue weighted by atomic mass is 28.4. The molecule has 2 amide bonds. The third-order valence-corrected chi connectivity index (χ3v) is 20.8. The smallest absolute Gasteiger partial charge is 0.417 e. The molecular formula is C44H69NO7Si2. The van der Waals surface area contributed by atoms with Gasteiger partial charge in [-0.15, -0.1) is 0 Å². The monoisotopic (exact) mass is 779 g/mol. The molecule has 2 fully saturated rings. The second-order valence-electron chi connectivity index (χ2n) is 17.7. The van der Waals surface area contributed by atoms with E-state index >= 15 is 4.79 Å². The fourth-order valence-electron chi connectivity index (χ4n) is 7.60. The van der Waals surface area contributed by atoms with E-state index in [0.717, 1.165) is 23.2 Å². The summed E-state index contributed by atoms with van der Waals surface area (Å²) in [5.41, 5.74) is -1.48. The predicted molar refractivity (Wildman–Crippen MR) is 223 cm³/mol. The Morgan fingerprint density at radius 1 is 0.870 bits per heavy atom. The van der Waals surface area contributed by atoms with Crippen molar-refractivity contribution in [3.05, 3.63) is 72.8 Å². The van der Waals surface area contributed by atoms with Gasteiger partial charge in [-0.25, -0.2) is 9.69 Å². The molecule has 0 aliphatic carbocycles. The molecule has 1 N–H and O–H groups in total. The molecule has 10 heteroatoms. The minimum absolute atomic E-state index is 0.104. The van der Waals surface area contributed by atoms with E-state index in [1.807, 2.05) is 49.4 Å². The number of hydrogen-bond donors (Lipinski definition) is 1. The number of unbranched alkanes of at least 4 members (excludes halogenated alkanes) is 6. The first kappa shape index (κ1) is 44.1. The number of aliphatic hydroxyl groups excluding tert-OH is 1. The Bertz CT molecular complexity index is 1460. The first-order valence-electron chi connectivity index (χ1n) is 20.4. The van der Waals surface area contributed by atoms with Crippen LogP contribution in [0.1, 0.15) is 107 Å². The number of nitrogens with zero attached hydrogens (tertiary/aromatic N) is 1. The van der Waals surface area contributed by atoms with Gasteiger partial charge in [0.2, 0.25) is 5.91 Å². The number of carbonyl (C=O) groups excluding carboxylic acids is 2. The second-order valence-corrected chi connectivity index (χ2v) is 26.1. The largest absolute Gasteiger partial charge is 0.443 e. The molecule has 54 heavy (non-hydrogen) atoms. The highest BCUT2D eigenvalue weighted by Crippen LogP contribution is 2.47. The van der Waals surface area contributed by atoms with Crippen LogP contribution in [0, 0.1) is 5.92 Å². The lowest BCUT2D eigenvalue weighted by Gasteiger charge is -2.44. The fraction of sp³-hybridized carbons (Fsp3) is 0.636. The molecule has 2 heterocycles. The van der Waals surface area contributed by atoms with Gasteiger partial charge in [-0.05, 0) is 62.6 Å². The molecule has 2 aromatic carbocycles. The zero-order chi connectivity index (χ0) is 39.7. The number of carbonyl (C=O) groups is 2. The summed E-state index contributed by atoms with van der Waals surface area (Å²) in [6.45, 7) is 20.9. The summed E-state index contributed by atoms with van der Waals surface area (Å²) in [7, 11) is -5.86. The van der Waals surface area contributed by atoms with E-state index in [9.17, 15) is 9.90 Å². The zero-order valence-corrected chi connectivity index (χ0v) is 36.8. The van der Waals surface area contributed by atoms with Crippen molar-refractivity contribution in [2.24, 2.45) is 5.92 Å². The van der Waals surface area contributed by atoms with Gasteiger partial charge in [-0.2, -0.15) is 0 Å². The Morgan fingerprint density at radius 2 is 1.43 bits per heavy atom. The summed E-state index contributed by atoms with van der Waals surface area (Å²) in [5.74, 6) is -1.49. The molecule has 6 atom stereocenters. The lowest BCUT2D eigenvalue weighted by Crippen LogP contribution is -2.68. The van der Waals surface area contributed by atoms with Crippen molar-refractivity contribution in [3.8, 4) is 0 Å². The molecule has 2 saturated heterocycles. The van der Waals surface area contributed by atoms with Crippen molar-refractivity contribution in [3.63, 3.8) is 0 Å². The standard InChI is InChI=1S/C44H69NO7Si2/c1-11-13-14-15-16-17-24-29-37-38(51-37)31-30-36(46)39-40(54(49-12-2,33-25-20-18-21-26-33)34-27-22-19-23-28-34)35(32-50-53(9,10)44(6,7)8)45(41(39)47)42(48)52-43(3,4)5/h18-23,25-28,30-31,35-40,46H,11-17,24,29,32H2,1-10H3/b31-30+/t35-,36?,37+,38+,39+,40-/m1/s1. The van der Waals surface area contributed by atoms with E-state index in [-0.39, 0.29) is 23.9 Å². The Hall–Kier alpha value is -2.61. The van der Waals surface area contributed by atoms with E-state index in [1.54, 1.807) is 26.8 Å². The molecule has 0 saturated carbocycles. The Morgan fingerprint density at radius 3 is 1.94 bits per heavy atom. The molecule has 8 nitrogen and oxygen atoms in total. The first-order chi connectivity index (χ1) is 25.5. The van der Waals surface area contributed by atoms with Gasteiger partial charge >= 0.3 is 6.09 Å². The van der Waals surface area contributed by atoms with Crippen LogP contribution in [-0.4, -0.2) is 81.8 Å². The van der Waals surface area contributed by atoms with Crippen LogP contribution in [0.5, 0.6) is 0 Å². The van der Waals surface area contributed by atoms with Crippen molar-refractivity contribution in [2.75, 3.05) is 13.2 Å². The summed E-state index contributed by atoms with van der Waals surface area (Å²) in [6.07, 6.45) is 11.4. The highest BCUT2D eigenvalue weighted by molar-refractivity contribution is 6.99. The lowest BCUT2D eigenvalue weighted by atomic mass is 9.96. The topological polar surface area (TPSA) is 97.8 Å². The summed E-state index contributed by atoms with van der Waals surface area (Å²) >= 11 is 0. The number of epoxide rings is 1. The summed E-state index contributed by atoms with van der Waals surface area (Å²) in [6, 6.07) is 19.4. The highest BCUT2D eigenvalue weighted by Gasteiger charge is 2.65. The Balaban J connectivity index is 1.80. The number of ether oxygens (including phenoxy) is 2. The van der Waals surface area contributed by atoms with Crippen LogP contribution >= 0.6 is 0 Å². The van der Waals surface area contributed by atoms with Crippen molar-refractivity contribution in [2.45, 2.75) is 160 Å². The summed E-state index contributed by atoms with van der Waals surface area (Å²) < 4.78 is 26.0. The summed E-state index contributed by atoms with van der Waals surface area (Å²) in [4.78, 5) is 30.6. The van der Waals surface area contributed by atoms with Gasteiger partial charge in [0.15, 0.2) is 8.32 Å². The van der Waals surface area contributed by atoms with Crippen molar-refractivity contribution < 1.29 is 33.0 Å². The molecule has 300 valence electrons. The fourth-order valence-corrected chi connectivity index (χ4v) is 13.7. The Labute approximate surface area is 328 Å². The molecule has 0 radical (unpaired) electrons. The average molecular weight is 780 g/mol. The van der Waals surface area contributed by atoms with Crippen LogP contribution in [0.2, 0.25) is 23.7 Å². The molecule has 0 bridgehead atoms. The lowest BCUT2D eigenvalue weighted by molar-refractivity contribution is -0.133. The van der Waals surface area contributed by atoms with Crippen molar-refractivity contribution in [1.82, 2.24) is 4.90 Å². The van der Waals surface area contributed by atoms with E-state index < -0.39 is 57.8 Å². The third-order valence-electron chi connectivity index (χ3n) is 11.5. The minimum atomic E-state index is -3.48. The molecular weight excluding hydrogens is 711 g/mol. The maximum Gasteiger partial charge on any atom is 0.417 e. The molecule has 0 aromatic heterocycles. The number of amides is 2. The molecule has 0 spiro atoms. The van der Waals surface area contributed by atoms with Gasteiger partial charge < -0.3 is 23.4 Å². The van der Waals surface area contributed by atoms with E-state index in [0.29, 0.717) is 6.61 Å². The maximum atomic E-state index is 15.0. The van der Waals surface area contributed by atoms with Crippen LogP contribution in [0.4, 0.5) is 4.79 Å². The van der Waals surface area contributed by atoms with Gasteiger partial charge in [-0.3, -0.25) is 4.79 Å². The van der Waals surface area contributed by atoms with Gasteiger partial charge in [-0.1, -0.05) is 145 Å². The number of imide groups is 1. The minimum Gasteiger partial charge on any atom is -0.443 e. The van der Waals surface area contributed by atoms with Crippen LogP contribution in [-0.2, 0) is 23.1 Å². The van der Waals surface area contributed by atoms with Crippen LogP contribution in [0.15, 0.2) is 72.8 Å². The summed E-state index contributed by atoms with van der Waals surface area (Å²) in [5, 5.41) is 14.1. The first-order valence-corrected chi connectivity index (χ1v) is 25.3. The quantitative estimate of drug-likeness (QED) is 0.0659. The second kappa shape index (κ2) is 19.0. The molecule has 2 aliphatic rings. The van der Waals surface area contributed by atoms with E-state index in [1.165, 1.54) is 43.4 Å². The maximum absolute atomic E-state index is 15.0. The predicted octanol–water partition coefficient (Wildman–Crippen LogP) is 8.76. The van der Waals surface area contributed by atoms with Gasteiger partial charge in [0.25, 0.3) is 8.32 Å². The number of benzene rings is 2. The van der Waals surface area contributed by atoms with E-state index in [4.69, 9.17) is 18.3 Å². The van der Waals surface area contributed by atoms with Gasteiger partial charge in [0.05, 0.1) is 30.8 Å². The number of aliphatic hydroxyl groups is 1. The molecule has 4 rings (SSSR count). The zero-order valence-electron chi connectivity index (χ0n) is 34.8.